The quantitative estimate of drug-likeness (QED) is 0.583. The van der Waals surface area contributed by atoms with Crippen LogP contribution in [0.3, 0.4) is 0 Å². The number of aliphatic hydroxyl groups is 1. The molecule has 1 saturated carbocycles. The van der Waals surface area contributed by atoms with E-state index >= 15 is 0 Å². The zero-order valence-electron chi connectivity index (χ0n) is 16.1. The smallest absolute Gasteiger partial charge is 0.264 e. The van der Waals surface area contributed by atoms with Crippen molar-refractivity contribution >= 4 is 43.6 Å². The first kappa shape index (κ1) is 21.8. The Bertz CT molecular complexity index is 1190. The summed E-state index contributed by atoms with van der Waals surface area (Å²) in [6.45, 7) is 1.94. The summed E-state index contributed by atoms with van der Waals surface area (Å²) in [6, 6.07) is 5.61. The van der Waals surface area contributed by atoms with Crippen molar-refractivity contribution in [2.24, 2.45) is 5.92 Å². The monoisotopic (exact) mass is 442 g/mol. The molecule has 2 aromatic heterocycles. The van der Waals surface area contributed by atoms with E-state index in [0.29, 0.717) is 27.9 Å². The third-order valence-electron chi connectivity index (χ3n) is 5.15. The number of rotatable bonds is 2. The lowest BCUT2D eigenvalue weighted by molar-refractivity contribution is 0.163. The van der Waals surface area contributed by atoms with Crippen molar-refractivity contribution in [3.05, 3.63) is 39.3 Å². The number of aliphatic hydroxyl groups excluding tert-OH is 1. The molecule has 10 heteroatoms. The van der Waals surface area contributed by atoms with E-state index in [0.717, 1.165) is 36.6 Å². The number of halogens is 1. The van der Waals surface area contributed by atoms with Crippen LogP contribution in [0.25, 0.3) is 21.9 Å². The normalized spacial score (nSPS) is 19.9. The molecule has 1 fully saturated rings. The zero-order chi connectivity index (χ0) is 21.3. The van der Waals surface area contributed by atoms with Gasteiger partial charge in [0.05, 0.1) is 27.9 Å². The fraction of sp³-hybridized carbons (Fsp3) is 0.474. The molecule has 0 bridgehead atoms. The molecule has 0 radical (unpaired) electrons. The van der Waals surface area contributed by atoms with Crippen molar-refractivity contribution in [2.45, 2.75) is 38.6 Å². The molecule has 1 aromatic carbocycles. The average molecular weight is 443 g/mol. The molecule has 0 amide bonds. The molecule has 0 aliphatic heterocycles. The van der Waals surface area contributed by atoms with Crippen LogP contribution in [0.4, 0.5) is 0 Å². The Hall–Kier alpha value is -1.94. The second kappa shape index (κ2) is 8.43. The molecule has 158 valence electrons. The van der Waals surface area contributed by atoms with E-state index in [1.807, 2.05) is 16.7 Å². The third-order valence-corrected chi connectivity index (χ3v) is 5.47. The number of fused-ring (bicyclic) bond motifs is 3. The Morgan fingerprint density at radius 1 is 1.31 bits per heavy atom. The predicted octanol–water partition coefficient (Wildman–Crippen LogP) is 3.33. The topological polar surface area (TPSA) is 123 Å². The van der Waals surface area contributed by atoms with Crippen LogP contribution < -0.4 is 5.56 Å². The first-order valence-corrected chi connectivity index (χ1v) is 11.5. The summed E-state index contributed by atoms with van der Waals surface area (Å²) in [4.78, 5) is 13.2. The van der Waals surface area contributed by atoms with Crippen molar-refractivity contribution in [1.29, 1.82) is 0 Å². The number of nitrogens with zero attached hydrogens (tertiary/aromatic N) is 2. The maximum atomic E-state index is 13.2. The Morgan fingerprint density at radius 3 is 2.66 bits per heavy atom. The molecule has 1 aliphatic rings. The van der Waals surface area contributed by atoms with Gasteiger partial charge in [0.15, 0.2) is 5.58 Å². The molecule has 8 nitrogen and oxygen atoms in total. The minimum atomic E-state index is -3.67. The van der Waals surface area contributed by atoms with Gasteiger partial charge < -0.3 is 14.2 Å². The van der Waals surface area contributed by atoms with Crippen LogP contribution in [-0.2, 0) is 10.1 Å². The van der Waals surface area contributed by atoms with E-state index in [1.165, 1.54) is 0 Å². The van der Waals surface area contributed by atoms with Gasteiger partial charge >= 0.3 is 0 Å². The van der Waals surface area contributed by atoms with Gasteiger partial charge in [-0.25, -0.2) is 0 Å². The van der Waals surface area contributed by atoms with Crippen LogP contribution in [0.1, 0.15) is 37.4 Å². The third kappa shape index (κ3) is 4.63. The fourth-order valence-electron chi connectivity index (χ4n) is 3.99. The number of aromatic nitrogens is 2. The van der Waals surface area contributed by atoms with E-state index in [1.54, 1.807) is 13.0 Å². The van der Waals surface area contributed by atoms with E-state index in [-0.39, 0.29) is 24.1 Å². The first-order chi connectivity index (χ1) is 13.6. The van der Waals surface area contributed by atoms with Gasteiger partial charge in [0, 0.05) is 12.6 Å². The highest BCUT2D eigenvalue weighted by Gasteiger charge is 2.27. The molecule has 3 aromatic rings. The van der Waals surface area contributed by atoms with E-state index in [2.05, 4.69) is 5.16 Å². The predicted molar refractivity (Wildman–Crippen MR) is 111 cm³/mol. The maximum Gasteiger partial charge on any atom is 0.264 e. The van der Waals surface area contributed by atoms with Gasteiger partial charge in [0.1, 0.15) is 5.39 Å². The second-order valence-corrected chi connectivity index (χ2v) is 9.26. The van der Waals surface area contributed by atoms with Gasteiger partial charge in [0.25, 0.3) is 15.7 Å². The second-order valence-electron chi connectivity index (χ2n) is 7.38. The van der Waals surface area contributed by atoms with Gasteiger partial charge in [-0.2, -0.15) is 8.42 Å². The van der Waals surface area contributed by atoms with Crippen LogP contribution >= 0.6 is 11.6 Å². The standard InChI is InChI=1S/C18H19ClN2O3.CH4O3S/c1-10-15-17(24-20-10)16-13(19)6-3-7-14(16)21(18(15)23)12-5-2-4-11(8-12)9-22;1-5(2,3)4/h3,6-7,11-12,22H,2,4-5,8-9H2,1H3;1H3,(H,2,3,4)/t11-,12+;/m1./s1. The molecule has 29 heavy (non-hydrogen) atoms. The van der Waals surface area contributed by atoms with Gasteiger partial charge in [-0.3, -0.25) is 9.35 Å². The summed E-state index contributed by atoms with van der Waals surface area (Å²) < 4.78 is 33.1. The summed E-state index contributed by atoms with van der Waals surface area (Å²) in [6.07, 6.45) is 4.45. The highest BCUT2D eigenvalue weighted by molar-refractivity contribution is 7.85. The SMILES string of the molecule is CS(=O)(=O)O.Cc1noc2c1c(=O)n([C@H]1CCC[C@@H](CO)C1)c1cccc(Cl)c21. The van der Waals surface area contributed by atoms with Crippen molar-refractivity contribution in [1.82, 2.24) is 9.72 Å². The van der Waals surface area contributed by atoms with E-state index in [9.17, 15) is 18.3 Å². The molecular weight excluding hydrogens is 420 g/mol. The molecule has 2 heterocycles. The number of benzene rings is 1. The molecule has 2 N–H and O–H groups in total. The van der Waals surface area contributed by atoms with Gasteiger partial charge in [-0.05, 0) is 44.2 Å². The lowest BCUT2D eigenvalue weighted by atomic mass is 9.85. The molecule has 1 aliphatic carbocycles. The van der Waals surface area contributed by atoms with Crippen LogP contribution in [0.2, 0.25) is 5.02 Å². The first-order valence-electron chi connectivity index (χ1n) is 9.23. The molecule has 2 atom stereocenters. The number of hydrogen-bond donors (Lipinski definition) is 2. The lowest BCUT2D eigenvalue weighted by Crippen LogP contribution is -2.30. The van der Waals surface area contributed by atoms with Crippen molar-refractivity contribution < 1.29 is 22.6 Å². The summed E-state index contributed by atoms with van der Waals surface area (Å²) in [5.41, 5.74) is 1.74. The van der Waals surface area contributed by atoms with Gasteiger partial charge in [-0.15, -0.1) is 0 Å². The summed E-state index contributed by atoms with van der Waals surface area (Å²) in [5.74, 6) is 0.240. The fourth-order valence-corrected chi connectivity index (χ4v) is 4.24. The Kier molecular flexibility index (Phi) is 6.33. The van der Waals surface area contributed by atoms with Gasteiger partial charge in [0.2, 0.25) is 0 Å². The van der Waals surface area contributed by atoms with Crippen LogP contribution in [-0.4, -0.2) is 40.7 Å². The molecule has 0 spiro atoms. The van der Waals surface area contributed by atoms with Crippen molar-refractivity contribution in [3.8, 4) is 0 Å². The number of pyridine rings is 1. The zero-order valence-corrected chi connectivity index (χ0v) is 17.7. The highest BCUT2D eigenvalue weighted by Crippen LogP contribution is 2.37. The largest absolute Gasteiger partial charge is 0.396 e. The summed E-state index contributed by atoms with van der Waals surface area (Å²) in [5, 5.41) is 15.3. The Balaban J connectivity index is 0.000000431. The molecular formula is C19H23ClN2O6S. The summed E-state index contributed by atoms with van der Waals surface area (Å²) >= 11 is 6.42. The Morgan fingerprint density at radius 2 is 2.00 bits per heavy atom. The maximum absolute atomic E-state index is 13.2. The van der Waals surface area contributed by atoms with Crippen molar-refractivity contribution in [3.63, 3.8) is 0 Å². The number of aryl methyl sites for hydroxylation is 1. The molecule has 0 saturated heterocycles. The highest BCUT2D eigenvalue weighted by atomic mass is 35.5. The van der Waals surface area contributed by atoms with E-state index < -0.39 is 10.1 Å². The van der Waals surface area contributed by atoms with E-state index in [4.69, 9.17) is 20.7 Å². The van der Waals surface area contributed by atoms with Crippen molar-refractivity contribution in [2.75, 3.05) is 12.9 Å². The summed E-state index contributed by atoms with van der Waals surface area (Å²) in [7, 11) is -3.67. The average Bonchev–Trinajstić information content (AvgIpc) is 3.02. The van der Waals surface area contributed by atoms with Crippen LogP contribution in [0.5, 0.6) is 0 Å². The van der Waals surface area contributed by atoms with Crippen LogP contribution in [0.15, 0.2) is 27.5 Å². The molecule has 4 rings (SSSR count). The number of hydrogen-bond acceptors (Lipinski definition) is 6. The Labute approximate surface area is 172 Å². The lowest BCUT2D eigenvalue weighted by Gasteiger charge is -2.30. The minimum absolute atomic E-state index is 0.0584. The molecule has 0 unspecified atom stereocenters. The minimum Gasteiger partial charge on any atom is -0.396 e. The van der Waals surface area contributed by atoms with Gasteiger partial charge in [-0.1, -0.05) is 29.2 Å². The van der Waals surface area contributed by atoms with Crippen LogP contribution in [0, 0.1) is 12.8 Å².